The van der Waals surface area contributed by atoms with Gasteiger partial charge in [-0.3, -0.25) is 9.59 Å². The number of aliphatic hydroxyl groups is 1. The van der Waals surface area contributed by atoms with Crippen molar-refractivity contribution in [2.75, 3.05) is 26.2 Å². The third-order valence-electron chi connectivity index (χ3n) is 6.91. The van der Waals surface area contributed by atoms with E-state index in [9.17, 15) is 23.1 Å². The van der Waals surface area contributed by atoms with Gasteiger partial charge in [0, 0.05) is 31.8 Å². The topological polar surface area (TPSA) is 104 Å². The number of nitrogens with zero attached hydrogens (tertiary/aromatic N) is 2. The molecule has 1 amide bonds. The molecule has 1 N–H and O–H groups in total. The van der Waals surface area contributed by atoms with Crippen LogP contribution in [0.2, 0.25) is 0 Å². The lowest BCUT2D eigenvalue weighted by Gasteiger charge is -2.27. The third kappa shape index (κ3) is 4.39. The molecule has 2 aromatic rings. The predicted octanol–water partition coefficient (Wildman–Crippen LogP) is 3.07. The molecule has 3 heterocycles. The van der Waals surface area contributed by atoms with Gasteiger partial charge in [-0.25, -0.2) is 8.42 Å². The summed E-state index contributed by atoms with van der Waals surface area (Å²) in [6.45, 7) is 1.87. The van der Waals surface area contributed by atoms with Gasteiger partial charge in [0.15, 0.2) is 0 Å². The van der Waals surface area contributed by atoms with Crippen molar-refractivity contribution < 1.29 is 27.9 Å². The van der Waals surface area contributed by atoms with Crippen molar-refractivity contribution >= 4 is 27.5 Å². The molecule has 0 spiro atoms. The molecule has 5 rings (SSSR count). The number of hydrogen-bond acceptors (Lipinski definition) is 6. The fraction of sp³-hybridized carbons (Fsp3) is 0.385. The van der Waals surface area contributed by atoms with Crippen LogP contribution in [0.4, 0.5) is 0 Å². The van der Waals surface area contributed by atoms with Crippen molar-refractivity contribution in [2.24, 2.45) is 0 Å². The first kappa shape index (κ1) is 23.7. The van der Waals surface area contributed by atoms with E-state index in [1.54, 1.807) is 0 Å². The van der Waals surface area contributed by atoms with Crippen LogP contribution in [0.15, 0.2) is 65.1 Å². The summed E-state index contributed by atoms with van der Waals surface area (Å²) in [5.74, 6) is -1.76. The molecule has 2 atom stereocenters. The standard InChI is InChI=1S/C26H28N2O6S/c29-24(19-10-12-21(13-11-19)35(32,33)27-14-4-5-15-27)22-23(18-7-2-1-3-8-18)28(26(31)25(22)30)17-20-9-6-16-34-20/h1-3,7-8,10-13,20,23,29H,4-6,9,14-17H2/t20-,23-/m1/s1. The molecular weight excluding hydrogens is 468 g/mol. The second-order valence-corrected chi connectivity index (χ2v) is 11.1. The Bertz CT molecular complexity index is 1240. The highest BCUT2D eigenvalue weighted by molar-refractivity contribution is 7.89. The summed E-state index contributed by atoms with van der Waals surface area (Å²) >= 11 is 0. The van der Waals surface area contributed by atoms with Gasteiger partial charge < -0.3 is 14.7 Å². The smallest absolute Gasteiger partial charge is 0.295 e. The fourth-order valence-electron chi connectivity index (χ4n) is 5.08. The minimum absolute atomic E-state index is 0.00523. The second kappa shape index (κ2) is 9.56. The Labute approximate surface area is 204 Å². The molecule has 0 aliphatic carbocycles. The van der Waals surface area contributed by atoms with Gasteiger partial charge in [0.1, 0.15) is 5.76 Å². The van der Waals surface area contributed by atoms with E-state index in [1.807, 2.05) is 30.3 Å². The Hall–Kier alpha value is -3.01. The van der Waals surface area contributed by atoms with Gasteiger partial charge in [-0.2, -0.15) is 4.31 Å². The summed E-state index contributed by atoms with van der Waals surface area (Å²) in [5.41, 5.74) is 0.982. The number of benzene rings is 2. The maximum absolute atomic E-state index is 13.1. The molecule has 3 aliphatic rings. The average Bonchev–Trinajstić information content (AvgIpc) is 3.64. The van der Waals surface area contributed by atoms with Crippen LogP contribution in [0.5, 0.6) is 0 Å². The maximum atomic E-state index is 13.1. The molecule has 3 fully saturated rings. The van der Waals surface area contributed by atoms with Crippen LogP contribution in [0.3, 0.4) is 0 Å². The molecule has 9 heteroatoms. The van der Waals surface area contributed by atoms with Gasteiger partial charge in [-0.05, 0) is 55.5 Å². The minimum atomic E-state index is -3.60. The number of likely N-dealkylation sites (tertiary alicyclic amines) is 1. The zero-order valence-corrected chi connectivity index (χ0v) is 20.1. The van der Waals surface area contributed by atoms with Crippen molar-refractivity contribution in [3.05, 3.63) is 71.3 Å². The molecule has 3 aliphatic heterocycles. The molecule has 0 bridgehead atoms. The number of hydrogen-bond donors (Lipinski definition) is 1. The SMILES string of the molecule is O=C1C(=O)N(C[C@H]2CCCO2)[C@H](c2ccccc2)C1=C(O)c1ccc(S(=O)(=O)N2CCCC2)cc1. The highest BCUT2D eigenvalue weighted by atomic mass is 32.2. The van der Waals surface area contributed by atoms with Gasteiger partial charge in [-0.15, -0.1) is 0 Å². The Balaban J connectivity index is 1.52. The van der Waals surface area contributed by atoms with E-state index in [1.165, 1.54) is 33.5 Å². The Morgan fingerprint density at radius 3 is 2.29 bits per heavy atom. The largest absolute Gasteiger partial charge is 0.507 e. The van der Waals surface area contributed by atoms with Crippen molar-refractivity contribution in [3.8, 4) is 0 Å². The average molecular weight is 497 g/mol. The third-order valence-corrected chi connectivity index (χ3v) is 8.82. The molecule has 3 saturated heterocycles. The van der Waals surface area contributed by atoms with E-state index >= 15 is 0 Å². The number of ketones is 1. The van der Waals surface area contributed by atoms with Gasteiger partial charge in [0.2, 0.25) is 10.0 Å². The quantitative estimate of drug-likeness (QED) is 0.375. The lowest BCUT2D eigenvalue weighted by molar-refractivity contribution is -0.140. The van der Waals surface area contributed by atoms with Crippen LogP contribution in [-0.4, -0.2) is 66.8 Å². The predicted molar refractivity (Wildman–Crippen MR) is 129 cm³/mol. The molecule has 0 saturated carbocycles. The number of Topliss-reactive ketones (excluding diaryl/α,β-unsaturated/α-hetero) is 1. The first-order valence-electron chi connectivity index (χ1n) is 11.9. The zero-order valence-electron chi connectivity index (χ0n) is 19.3. The fourth-order valence-corrected chi connectivity index (χ4v) is 6.59. The van der Waals surface area contributed by atoms with Crippen molar-refractivity contribution in [3.63, 3.8) is 0 Å². The summed E-state index contributed by atoms with van der Waals surface area (Å²) in [6.07, 6.45) is 3.22. The molecule has 8 nitrogen and oxygen atoms in total. The van der Waals surface area contributed by atoms with Crippen LogP contribution in [-0.2, 0) is 24.3 Å². The van der Waals surface area contributed by atoms with E-state index in [0.29, 0.717) is 25.3 Å². The summed E-state index contributed by atoms with van der Waals surface area (Å²) in [6, 6.07) is 14.2. The second-order valence-electron chi connectivity index (χ2n) is 9.13. The summed E-state index contributed by atoms with van der Waals surface area (Å²) in [7, 11) is -3.60. The number of carbonyl (C=O) groups excluding carboxylic acids is 2. The van der Waals surface area contributed by atoms with Crippen molar-refractivity contribution in [1.29, 1.82) is 0 Å². The summed E-state index contributed by atoms with van der Waals surface area (Å²) in [4.78, 5) is 27.8. The first-order valence-corrected chi connectivity index (χ1v) is 13.4. The minimum Gasteiger partial charge on any atom is -0.507 e. The number of aliphatic hydroxyl groups excluding tert-OH is 1. The first-order chi connectivity index (χ1) is 16.9. The van der Waals surface area contributed by atoms with Crippen molar-refractivity contribution in [1.82, 2.24) is 9.21 Å². The van der Waals surface area contributed by atoms with Crippen molar-refractivity contribution in [2.45, 2.75) is 42.7 Å². The van der Waals surface area contributed by atoms with Gasteiger partial charge in [-0.1, -0.05) is 30.3 Å². The lowest BCUT2D eigenvalue weighted by Crippen LogP contribution is -2.36. The van der Waals surface area contributed by atoms with E-state index in [0.717, 1.165) is 25.7 Å². The summed E-state index contributed by atoms with van der Waals surface area (Å²) in [5, 5.41) is 11.2. The monoisotopic (exact) mass is 496 g/mol. The Morgan fingerprint density at radius 1 is 0.971 bits per heavy atom. The van der Waals surface area contributed by atoms with E-state index in [2.05, 4.69) is 0 Å². The molecule has 0 radical (unpaired) electrons. The number of carbonyl (C=O) groups is 2. The number of ether oxygens (including phenoxy) is 1. The molecule has 35 heavy (non-hydrogen) atoms. The van der Waals surface area contributed by atoms with Crippen LogP contribution >= 0.6 is 0 Å². The molecule has 0 unspecified atom stereocenters. The highest BCUT2D eigenvalue weighted by Gasteiger charge is 2.47. The van der Waals surface area contributed by atoms with Gasteiger partial charge in [0.05, 0.1) is 22.6 Å². The van der Waals surface area contributed by atoms with Crippen LogP contribution in [0.1, 0.15) is 42.9 Å². The molecule has 184 valence electrons. The maximum Gasteiger partial charge on any atom is 0.295 e. The number of amides is 1. The van der Waals surface area contributed by atoms with E-state index in [4.69, 9.17) is 4.74 Å². The number of sulfonamides is 1. The van der Waals surface area contributed by atoms with Crippen LogP contribution < -0.4 is 0 Å². The normalized spacial score (nSPS) is 25.0. The molecule has 0 aromatic heterocycles. The highest BCUT2D eigenvalue weighted by Crippen LogP contribution is 2.40. The van der Waals surface area contributed by atoms with Gasteiger partial charge in [0.25, 0.3) is 11.7 Å². The lowest BCUT2D eigenvalue weighted by atomic mass is 9.95. The molecular formula is C26H28N2O6S. The van der Waals surface area contributed by atoms with Crippen LogP contribution in [0, 0.1) is 0 Å². The molecule has 2 aromatic carbocycles. The van der Waals surface area contributed by atoms with Crippen LogP contribution in [0.25, 0.3) is 5.76 Å². The summed E-state index contributed by atoms with van der Waals surface area (Å²) < 4.78 is 32.8. The Kier molecular flexibility index (Phi) is 6.48. The van der Waals surface area contributed by atoms with E-state index < -0.39 is 27.8 Å². The zero-order chi connectivity index (χ0) is 24.6. The number of rotatable bonds is 6. The van der Waals surface area contributed by atoms with E-state index in [-0.39, 0.29) is 34.4 Å². The van der Waals surface area contributed by atoms with Gasteiger partial charge >= 0.3 is 0 Å². The Morgan fingerprint density at radius 2 is 1.66 bits per heavy atom.